The summed E-state index contributed by atoms with van der Waals surface area (Å²) in [5.74, 6) is -1.58. The predicted molar refractivity (Wildman–Crippen MR) is 110 cm³/mol. The summed E-state index contributed by atoms with van der Waals surface area (Å²) < 4.78 is 22.7. The van der Waals surface area contributed by atoms with Crippen molar-refractivity contribution in [1.82, 2.24) is 9.80 Å². The van der Waals surface area contributed by atoms with Crippen LogP contribution in [0.25, 0.3) is 0 Å². The van der Waals surface area contributed by atoms with Crippen molar-refractivity contribution in [3.63, 3.8) is 0 Å². The number of carbonyl (C=O) groups excluding carboxylic acids is 2. The van der Waals surface area contributed by atoms with Gasteiger partial charge >= 0.3 is 0 Å². The summed E-state index contributed by atoms with van der Waals surface area (Å²) in [5.41, 5.74) is -0.444. The largest absolute Gasteiger partial charge is 0.336 e. The third-order valence-electron chi connectivity index (χ3n) is 5.02. The van der Waals surface area contributed by atoms with Crippen molar-refractivity contribution in [2.75, 3.05) is 33.2 Å². The Kier molecular flexibility index (Phi) is 6.58. The summed E-state index contributed by atoms with van der Waals surface area (Å²) in [7, 11) is -1.02. The van der Waals surface area contributed by atoms with Gasteiger partial charge in [-0.3, -0.25) is 19.7 Å². The quantitative estimate of drug-likeness (QED) is 0.317. The molecule has 0 bridgehead atoms. The van der Waals surface area contributed by atoms with Crippen LogP contribution in [0.5, 0.6) is 0 Å². The first-order valence-electron chi connectivity index (χ1n) is 9.28. The summed E-state index contributed by atoms with van der Waals surface area (Å²) in [6.45, 7) is 2.07. The third kappa shape index (κ3) is 4.71. The van der Waals surface area contributed by atoms with Gasteiger partial charge in [-0.25, -0.2) is 8.42 Å². The molecule has 1 aliphatic rings. The summed E-state index contributed by atoms with van der Waals surface area (Å²) >= 11 is 0. The molecule has 1 heterocycles. The van der Waals surface area contributed by atoms with E-state index in [0.29, 0.717) is 31.7 Å². The molecule has 0 spiro atoms. The minimum absolute atomic E-state index is 0.00147. The lowest BCUT2D eigenvalue weighted by Crippen LogP contribution is -2.47. The van der Waals surface area contributed by atoms with Gasteiger partial charge in [0.25, 0.3) is 11.6 Å². The van der Waals surface area contributed by atoms with E-state index < -0.39 is 38.8 Å². The predicted octanol–water partition coefficient (Wildman–Crippen LogP) is 1.32. The number of hydrogen-bond donors (Lipinski definition) is 1. The van der Waals surface area contributed by atoms with Gasteiger partial charge in [0.15, 0.2) is 5.78 Å². The average molecular weight is 431 g/mol. The maximum absolute atomic E-state index is 13.0. The molecule has 0 saturated carbocycles. The molecular formula is C20H21N3O6S. The lowest BCUT2D eigenvalue weighted by atomic mass is 9.95. The Hall–Kier alpha value is -3.11. The van der Waals surface area contributed by atoms with Crippen LogP contribution in [0, 0.1) is 10.1 Å². The van der Waals surface area contributed by atoms with Crippen LogP contribution in [0.15, 0.2) is 42.5 Å². The maximum Gasteiger partial charge on any atom is 0.282 e. The van der Waals surface area contributed by atoms with Crippen molar-refractivity contribution in [1.29, 1.82) is 0 Å². The van der Waals surface area contributed by atoms with Gasteiger partial charge in [-0.1, -0.05) is 30.3 Å². The maximum atomic E-state index is 13.0. The number of hydrogen-bond acceptors (Lipinski definition) is 7. The first kappa shape index (κ1) is 21.6. The Morgan fingerprint density at radius 2 is 1.67 bits per heavy atom. The number of rotatable bonds is 6. The molecule has 9 nitrogen and oxygen atoms in total. The minimum atomic E-state index is -2.94. The van der Waals surface area contributed by atoms with Crippen LogP contribution in [0.1, 0.15) is 31.8 Å². The van der Waals surface area contributed by atoms with Crippen molar-refractivity contribution >= 4 is 28.1 Å². The summed E-state index contributed by atoms with van der Waals surface area (Å²) in [6, 6.07) is 10.4. The molecule has 1 fully saturated rings. The highest BCUT2D eigenvalue weighted by molar-refractivity contribution is 7.71. The van der Waals surface area contributed by atoms with E-state index in [4.69, 9.17) is 0 Å². The Bertz CT molecular complexity index is 1050. The monoisotopic (exact) mass is 431 g/mol. The SMILES string of the molecule is CN1CCN(C(=O)c2cc(C(=O)c3ccccc3)c(C[SH](=O)=O)cc2[N+](=O)[O-])CC1. The second kappa shape index (κ2) is 9.14. The highest BCUT2D eigenvalue weighted by Crippen LogP contribution is 2.28. The number of ketones is 1. The number of nitrogens with zero attached hydrogens (tertiary/aromatic N) is 3. The van der Waals surface area contributed by atoms with E-state index >= 15 is 0 Å². The number of thiol groups is 1. The molecule has 0 N–H and O–H groups in total. The van der Waals surface area contributed by atoms with Crippen molar-refractivity contribution in [3.8, 4) is 0 Å². The minimum Gasteiger partial charge on any atom is -0.336 e. The van der Waals surface area contributed by atoms with Gasteiger partial charge in [0.1, 0.15) is 16.3 Å². The zero-order valence-electron chi connectivity index (χ0n) is 16.3. The highest BCUT2D eigenvalue weighted by Gasteiger charge is 2.30. The number of carbonyl (C=O) groups is 2. The molecule has 2 aromatic rings. The van der Waals surface area contributed by atoms with Crippen LogP contribution >= 0.6 is 0 Å². The molecule has 30 heavy (non-hydrogen) atoms. The fourth-order valence-corrected chi connectivity index (χ4v) is 3.90. The average Bonchev–Trinajstić information content (AvgIpc) is 2.73. The van der Waals surface area contributed by atoms with Gasteiger partial charge in [-0.05, 0) is 18.7 Å². The van der Waals surface area contributed by atoms with E-state index in [1.54, 1.807) is 30.3 Å². The Labute approximate surface area is 175 Å². The standard InChI is InChI=1S/C20H21N3O6S/c1-21-7-9-22(10-8-21)20(25)17-12-16(19(24)14-5-3-2-4-6-14)15(13-30(28)29)11-18(17)23(26)27/h2-6,11-12,30H,7-10,13H2,1H3. The Balaban J connectivity index is 2.12. The third-order valence-corrected chi connectivity index (χ3v) is 5.62. The summed E-state index contributed by atoms with van der Waals surface area (Å²) in [4.78, 5) is 40.5. The van der Waals surface area contributed by atoms with E-state index in [-0.39, 0.29) is 16.7 Å². The van der Waals surface area contributed by atoms with Crippen LogP contribution in [-0.4, -0.2) is 68.1 Å². The van der Waals surface area contributed by atoms with Crippen LogP contribution in [0.3, 0.4) is 0 Å². The van der Waals surface area contributed by atoms with E-state index in [1.165, 1.54) is 11.0 Å². The normalized spacial score (nSPS) is 14.7. The Morgan fingerprint density at radius 3 is 2.23 bits per heavy atom. The van der Waals surface area contributed by atoms with Crippen LogP contribution in [0.4, 0.5) is 5.69 Å². The molecular weight excluding hydrogens is 410 g/mol. The number of nitro groups is 1. The fourth-order valence-electron chi connectivity index (χ4n) is 3.36. The van der Waals surface area contributed by atoms with Gasteiger partial charge in [0, 0.05) is 43.4 Å². The molecule has 3 rings (SSSR count). The summed E-state index contributed by atoms with van der Waals surface area (Å²) in [6.07, 6.45) is 0. The van der Waals surface area contributed by atoms with Gasteiger partial charge in [0.2, 0.25) is 0 Å². The Morgan fingerprint density at radius 1 is 1.03 bits per heavy atom. The van der Waals surface area contributed by atoms with Crippen LogP contribution in [0.2, 0.25) is 0 Å². The first-order chi connectivity index (χ1) is 14.3. The molecule has 1 saturated heterocycles. The molecule has 2 aromatic carbocycles. The molecule has 0 unspecified atom stereocenters. The molecule has 10 heteroatoms. The molecule has 0 atom stereocenters. The van der Waals surface area contributed by atoms with Gasteiger partial charge < -0.3 is 9.80 Å². The molecule has 0 radical (unpaired) electrons. The van der Waals surface area contributed by atoms with Crippen LogP contribution < -0.4 is 0 Å². The van der Waals surface area contributed by atoms with Crippen molar-refractivity contribution in [2.24, 2.45) is 0 Å². The number of piperazine rings is 1. The number of likely N-dealkylation sites (N-methyl/N-ethyl adjacent to an activating group) is 1. The van der Waals surface area contributed by atoms with E-state index in [9.17, 15) is 28.1 Å². The lowest BCUT2D eigenvalue weighted by molar-refractivity contribution is -0.385. The van der Waals surface area contributed by atoms with Gasteiger partial charge in [-0.2, -0.15) is 0 Å². The number of nitro benzene ring substituents is 1. The molecule has 1 aliphatic heterocycles. The molecule has 158 valence electrons. The van der Waals surface area contributed by atoms with Crippen molar-refractivity contribution < 1.29 is 22.9 Å². The zero-order chi connectivity index (χ0) is 21.8. The van der Waals surface area contributed by atoms with E-state index in [2.05, 4.69) is 0 Å². The number of amides is 1. The molecule has 0 aliphatic carbocycles. The number of benzene rings is 2. The fraction of sp³-hybridized carbons (Fsp3) is 0.300. The molecule has 0 aromatic heterocycles. The summed E-state index contributed by atoms with van der Waals surface area (Å²) in [5, 5.41) is 11.6. The van der Waals surface area contributed by atoms with Gasteiger partial charge in [-0.15, -0.1) is 0 Å². The van der Waals surface area contributed by atoms with Crippen LogP contribution in [-0.2, 0) is 16.5 Å². The van der Waals surface area contributed by atoms with Gasteiger partial charge in [0.05, 0.1) is 10.7 Å². The van der Waals surface area contributed by atoms with E-state index in [1.807, 2.05) is 11.9 Å². The lowest BCUT2D eigenvalue weighted by Gasteiger charge is -2.32. The smallest absolute Gasteiger partial charge is 0.282 e. The van der Waals surface area contributed by atoms with E-state index in [0.717, 1.165) is 6.07 Å². The highest BCUT2D eigenvalue weighted by atomic mass is 32.2. The second-order valence-electron chi connectivity index (χ2n) is 7.07. The zero-order valence-corrected chi connectivity index (χ0v) is 17.2. The van der Waals surface area contributed by atoms with Crippen molar-refractivity contribution in [2.45, 2.75) is 5.75 Å². The topological polar surface area (TPSA) is 118 Å². The molecule has 1 amide bonds. The first-order valence-corrected chi connectivity index (χ1v) is 10.6. The van der Waals surface area contributed by atoms with Crippen molar-refractivity contribution in [3.05, 3.63) is 74.8 Å². The second-order valence-corrected chi connectivity index (χ2v) is 8.05.